The number of rotatable bonds is 12. The molecular formula is C32H33N5O4S. The molecule has 0 saturated carbocycles. The van der Waals surface area contributed by atoms with E-state index in [9.17, 15) is 0 Å². The fourth-order valence-electron chi connectivity index (χ4n) is 5.08. The molecule has 4 atom stereocenters. The van der Waals surface area contributed by atoms with E-state index in [0.717, 1.165) is 16.7 Å². The van der Waals surface area contributed by atoms with Gasteiger partial charge in [0.25, 0.3) is 0 Å². The van der Waals surface area contributed by atoms with Gasteiger partial charge in [0, 0.05) is 0 Å². The average Bonchev–Trinajstić information content (AvgIpc) is 3.60. The van der Waals surface area contributed by atoms with Crippen LogP contribution in [0.4, 0.5) is 5.95 Å². The molecule has 2 aromatic heterocycles. The van der Waals surface area contributed by atoms with Gasteiger partial charge in [-0.15, -0.1) is 11.8 Å². The Morgan fingerprint density at radius 1 is 0.786 bits per heavy atom. The zero-order valence-electron chi connectivity index (χ0n) is 23.3. The molecule has 1 fully saturated rings. The number of nitrogens with zero attached hydrogens (tertiary/aromatic N) is 4. The van der Waals surface area contributed by atoms with Crippen LogP contribution in [0, 0.1) is 0 Å². The van der Waals surface area contributed by atoms with Crippen molar-refractivity contribution in [2.75, 3.05) is 18.6 Å². The summed E-state index contributed by atoms with van der Waals surface area (Å²) < 4.78 is 28.0. The average molecular weight is 584 g/mol. The third-order valence-corrected chi connectivity index (χ3v) is 7.80. The Hall–Kier alpha value is -3.80. The van der Waals surface area contributed by atoms with E-state index < -0.39 is 24.5 Å². The number of benzene rings is 3. The summed E-state index contributed by atoms with van der Waals surface area (Å²) in [4.78, 5) is 13.5. The third kappa shape index (κ3) is 6.48. The maximum absolute atomic E-state index is 6.71. The second kappa shape index (κ2) is 13.5. The number of hydrogen-bond donors (Lipinski definition) is 1. The van der Waals surface area contributed by atoms with Crippen LogP contribution in [0.25, 0.3) is 11.2 Å². The van der Waals surface area contributed by atoms with E-state index >= 15 is 0 Å². The Balaban J connectivity index is 1.32. The number of hydrogen-bond acceptors (Lipinski definition) is 9. The highest BCUT2D eigenvalue weighted by atomic mass is 32.2. The molecule has 10 heteroatoms. The van der Waals surface area contributed by atoms with Crippen LogP contribution in [0.3, 0.4) is 0 Å². The molecule has 3 heterocycles. The van der Waals surface area contributed by atoms with Crippen molar-refractivity contribution in [1.29, 1.82) is 0 Å². The minimum Gasteiger partial charge on any atom is -0.374 e. The monoisotopic (exact) mass is 583 g/mol. The van der Waals surface area contributed by atoms with Gasteiger partial charge in [-0.2, -0.15) is 4.98 Å². The van der Waals surface area contributed by atoms with Crippen molar-refractivity contribution in [3.8, 4) is 0 Å². The minimum absolute atomic E-state index is 0.174. The Morgan fingerprint density at radius 3 is 1.95 bits per heavy atom. The van der Waals surface area contributed by atoms with Crippen LogP contribution in [-0.4, -0.2) is 50.7 Å². The summed E-state index contributed by atoms with van der Waals surface area (Å²) in [6, 6.07) is 30.2. The van der Waals surface area contributed by atoms with Gasteiger partial charge in [0.05, 0.1) is 32.8 Å². The van der Waals surface area contributed by atoms with Crippen molar-refractivity contribution in [1.82, 2.24) is 19.5 Å². The third-order valence-electron chi connectivity index (χ3n) is 7.12. The molecule has 216 valence electrons. The smallest absolute Gasteiger partial charge is 0.223 e. The minimum atomic E-state index is -0.589. The first-order chi connectivity index (χ1) is 20.7. The van der Waals surface area contributed by atoms with Gasteiger partial charge in [-0.25, -0.2) is 9.97 Å². The number of anilines is 1. The molecule has 1 aliphatic heterocycles. The predicted octanol–water partition coefficient (Wildman–Crippen LogP) is 5.42. The van der Waals surface area contributed by atoms with Crippen molar-refractivity contribution < 1.29 is 18.9 Å². The Morgan fingerprint density at radius 2 is 1.36 bits per heavy atom. The van der Waals surface area contributed by atoms with Crippen LogP contribution in [0.15, 0.2) is 102 Å². The molecule has 2 N–H and O–H groups in total. The van der Waals surface area contributed by atoms with E-state index in [2.05, 4.69) is 15.0 Å². The number of imidazole rings is 1. The van der Waals surface area contributed by atoms with Crippen molar-refractivity contribution in [3.05, 3.63) is 114 Å². The van der Waals surface area contributed by atoms with Crippen molar-refractivity contribution in [3.63, 3.8) is 0 Å². The van der Waals surface area contributed by atoms with Crippen LogP contribution in [0.1, 0.15) is 22.9 Å². The number of nitrogen functional groups attached to an aromatic ring is 1. The molecule has 3 aromatic carbocycles. The molecule has 0 aliphatic carbocycles. The number of ether oxygens (including phenoxy) is 4. The topological polar surface area (TPSA) is 107 Å². The molecule has 9 nitrogen and oxygen atoms in total. The molecule has 0 bridgehead atoms. The second-order valence-corrected chi connectivity index (χ2v) is 10.8. The summed E-state index contributed by atoms with van der Waals surface area (Å²) in [5.74, 6) is 0.174. The molecule has 42 heavy (non-hydrogen) atoms. The van der Waals surface area contributed by atoms with Crippen LogP contribution in [0.5, 0.6) is 0 Å². The van der Waals surface area contributed by atoms with Crippen molar-refractivity contribution >= 4 is 28.9 Å². The Kier molecular flexibility index (Phi) is 9.07. The maximum atomic E-state index is 6.71. The van der Waals surface area contributed by atoms with E-state index in [1.165, 1.54) is 11.8 Å². The van der Waals surface area contributed by atoms with E-state index in [0.29, 0.717) is 42.6 Å². The second-order valence-electron chi connectivity index (χ2n) is 10.0. The molecule has 0 radical (unpaired) electrons. The fourth-order valence-corrected chi connectivity index (χ4v) is 5.60. The summed E-state index contributed by atoms with van der Waals surface area (Å²) >= 11 is 1.47. The lowest BCUT2D eigenvalue weighted by Gasteiger charge is -2.25. The highest BCUT2D eigenvalue weighted by molar-refractivity contribution is 7.98. The summed E-state index contributed by atoms with van der Waals surface area (Å²) in [6.07, 6.45) is 1.71. The van der Waals surface area contributed by atoms with Crippen LogP contribution in [0.2, 0.25) is 0 Å². The summed E-state index contributed by atoms with van der Waals surface area (Å²) in [7, 11) is 0. The molecule has 0 spiro atoms. The molecule has 6 rings (SSSR count). The van der Waals surface area contributed by atoms with Gasteiger partial charge in [-0.1, -0.05) is 91.0 Å². The molecule has 5 aromatic rings. The zero-order valence-corrected chi connectivity index (χ0v) is 24.1. The lowest BCUT2D eigenvalue weighted by Crippen LogP contribution is -2.38. The van der Waals surface area contributed by atoms with Gasteiger partial charge in [-0.3, -0.25) is 4.57 Å². The van der Waals surface area contributed by atoms with Crippen LogP contribution >= 0.6 is 11.8 Å². The van der Waals surface area contributed by atoms with E-state index in [4.69, 9.17) is 24.7 Å². The van der Waals surface area contributed by atoms with E-state index in [1.807, 2.05) is 102 Å². The number of thioether (sulfide) groups is 1. The fraction of sp³-hybridized carbons (Fsp3) is 0.281. The van der Waals surface area contributed by atoms with Gasteiger partial charge in [-0.05, 0) is 22.9 Å². The molecule has 1 saturated heterocycles. The first-order valence-electron chi connectivity index (χ1n) is 13.8. The van der Waals surface area contributed by atoms with Gasteiger partial charge < -0.3 is 24.7 Å². The quantitative estimate of drug-likeness (QED) is 0.152. The predicted molar refractivity (Wildman–Crippen MR) is 162 cm³/mol. The largest absolute Gasteiger partial charge is 0.374 e. The van der Waals surface area contributed by atoms with Crippen LogP contribution < -0.4 is 5.73 Å². The first-order valence-corrected chi connectivity index (χ1v) is 15.0. The van der Waals surface area contributed by atoms with Gasteiger partial charge >= 0.3 is 0 Å². The molecular weight excluding hydrogens is 550 g/mol. The molecule has 1 aliphatic rings. The van der Waals surface area contributed by atoms with Crippen molar-refractivity contribution in [2.45, 2.75) is 49.4 Å². The number of nitrogens with two attached hydrogens (primary N) is 1. The highest BCUT2D eigenvalue weighted by Gasteiger charge is 2.48. The van der Waals surface area contributed by atoms with Crippen molar-refractivity contribution in [2.24, 2.45) is 0 Å². The van der Waals surface area contributed by atoms with E-state index in [-0.39, 0.29) is 5.95 Å². The standard InChI is InChI=1S/C32H33N5O4S/c1-42-30-26-29(35-32(33)36-30)37(21-34-26)31-28(40-19-24-15-9-4-10-16-24)27(39-18-23-13-7-3-8-14-23)25(41-31)20-38-17-22-11-5-2-6-12-22/h2-16,21,25,27-28,31H,17-20H2,1H3,(H2,33,35,36)/t25-,27-,28+,31-/m1/s1. The Labute approximate surface area is 249 Å². The summed E-state index contributed by atoms with van der Waals surface area (Å²) in [6.45, 7) is 1.56. The lowest BCUT2D eigenvalue weighted by atomic mass is 10.1. The zero-order chi connectivity index (χ0) is 28.7. The van der Waals surface area contributed by atoms with Crippen LogP contribution in [-0.2, 0) is 38.8 Å². The summed E-state index contributed by atoms with van der Waals surface area (Å²) in [5.41, 5.74) is 10.5. The normalized spacial score (nSPS) is 20.3. The van der Waals surface area contributed by atoms with Gasteiger partial charge in [0.15, 0.2) is 11.9 Å². The number of aromatic nitrogens is 4. The molecule has 0 unspecified atom stereocenters. The summed E-state index contributed by atoms with van der Waals surface area (Å²) in [5, 5.41) is 0.704. The lowest BCUT2D eigenvalue weighted by molar-refractivity contribution is -0.0913. The highest BCUT2D eigenvalue weighted by Crippen LogP contribution is 2.37. The van der Waals surface area contributed by atoms with Gasteiger partial charge in [0.2, 0.25) is 5.95 Å². The Bertz CT molecular complexity index is 1570. The number of fused-ring (bicyclic) bond motifs is 1. The van der Waals surface area contributed by atoms with E-state index in [1.54, 1.807) is 6.33 Å². The maximum Gasteiger partial charge on any atom is 0.223 e. The first kappa shape index (κ1) is 28.3. The van der Waals surface area contributed by atoms with Gasteiger partial charge in [0.1, 0.15) is 28.9 Å². The SMILES string of the molecule is CSc1nc(N)nc2c1ncn2[C@@H]1O[C@H](COCc2ccccc2)[C@@H](OCc2ccccc2)[C@@H]1OCc1ccccc1. The molecule has 0 amide bonds.